The van der Waals surface area contributed by atoms with Gasteiger partial charge in [-0.05, 0) is 37.1 Å². The average molecular weight is 269 g/mol. The minimum Gasteiger partial charge on any atom is -0.462 e. The maximum absolute atomic E-state index is 14.0. The molecule has 0 saturated carbocycles. The van der Waals surface area contributed by atoms with Gasteiger partial charge in [-0.25, -0.2) is 13.6 Å². The second-order valence-electron chi connectivity index (χ2n) is 4.12. The Balaban J connectivity index is 2.35. The van der Waals surface area contributed by atoms with E-state index in [0.29, 0.717) is 12.0 Å². The first kappa shape index (κ1) is 13.5. The van der Waals surface area contributed by atoms with Crippen molar-refractivity contribution >= 4 is 17.6 Å². The van der Waals surface area contributed by atoms with Crippen LogP contribution in [-0.4, -0.2) is 24.8 Å². The number of ether oxygens (including phenoxy) is 1. The van der Waals surface area contributed by atoms with E-state index >= 15 is 0 Å². The molecular weight excluding hydrogens is 256 g/mol. The summed E-state index contributed by atoms with van der Waals surface area (Å²) < 4.78 is 31.7. The summed E-state index contributed by atoms with van der Waals surface area (Å²) >= 11 is 0. The van der Waals surface area contributed by atoms with Crippen molar-refractivity contribution < 1.29 is 23.1 Å². The van der Waals surface area contributed by atoms with Crippen molar-refractivity contribution in [3.05, 3.63) is 29.6 Å². The number of aryl methyl sites for hydroxylation is 1. The number of amides is 1. The van der Waals surface area contributed by atoms with Crippen molar-refractivity contribution in [2.75, 3.05) is 11.5 Å². The molecule has 1 aromatic rings. The Kier molecular flexibility index (Phi) is 3.78. The van der Waals surface area contributed by atoms with Gasteiger partial charge in [0.2, 0.25) is 5.91 Å². The smallest absolute Gasteiger partial charge is 0.362 e. The van der Waals surface area contributed by atoms with Crippen molar-refractivity contribution in [1.82, 2.24) is 0 Å². The van der Waals surface area contributed by atoms with Crippen molar-refractivity contribution in [3.63, 3.8) is 0 Å². The first-order valence-electron chi connectivity index (χ1n) is 5.95. The topological polar surface area (TPSA) is 46.6 Å². The number of nitrogens with zero attached hydrogens (tertiary/aromatic N) is 1. The van der Waals surface area contributed by atoms with Gasteiger partial charge in [-0.15, -0.1) is 0 Å². The lowest BCUT2D eigenvalue weighted by Crippen LogP contribution is -2.45. The predicted octanol–water partition coefficient (Wildman–Crippen LogP) is 1.96. The third-order valence-electron chi connectivity index (χ3n) is 2.89. The average Bonchev–Trinajstić information content (AvgIpc) is 2.38. The number of anilines is 1. The Morgan fingerprint density at radius 3 is 2.89 bits per heavy atom. The molecule has 1 heterocycles. The number of carbonyl (C=O) groups is 2. The molecule has 2 rings (SSSR count). The summed E-state index contributed by atoms with van der Waals surface area (Å²) in [4.78, 5) is 23.9. The Hall–Kier alpha value is -1.98. The van der Waals surface area contributed by atoms with Gasteiger partial charge >= 0.3 is 5.97 Å². The van der Waals surface area contributed by atoms with E-state index in [1.165, 1.54) is 12.1 Å². The molecule has 0 spiro atoms. The lowest BCUT2D eigenvalue weighted by atomic mass is 10.0. The zero-order chi connectivity index (χ0) is 14.0. The van der Waals surface area contributed by atoms with Crippen LogP contribution in [0.2, 0.25) is 0 Å². The molecule has 0 radical (unpaired) electrons. The van der Waals surface area contributed by atoms with Crippen LogP contribution in [0.5, 0.6) is 0 Å². The number of hydrogen-bond donors (Lipinski definition) is 0. The fourth-order valence-corrected chi connectivity index (χ4v) is 2.05. The summed E-state index contributed by atoms with van der Waals surface area (Å²) in [6.45, 7) is 1.57. The molecule has 4 nitrogen and oxygen atoms in total. The fraction of sp³-hybridized carbons (Fsp3) is 0.385. The number of benzene rings is 1. The van der Waals surface area contributed by atoms with Crippen LogP contribution in [0.3, 0.4) is 0 Å². The summed E-state index contributed by atoms with van der Waals surface area (Å²) in [6.07, 6.45) is -1.83. The highest BCUT2D eigenvalue weighted by Gasteiger charge is 2.35. The first-order chi connectivity index (χ1) is 9.04. The highest BCUT2D eigenvalue weighted by atomic mass is 19.1. The summed E-state index contributed by atoms with van der Waals surface area (Å²) in [5.74, 6) is -2.09. The molecule has 102 valence electrons. The molecule has 1 atom stereocenters. The molecule has 0 aromatic heterocycles. The standard InChI is InChI=1S/C13H13F2NO3/c1-2-19-13(18)12(15)16-10-5-4-9(14)7-8(10)3-6-11(16)17/h4-5,7,12H,2-3,6H2,1H3. The predicted molar refractivity (Wildman–Crippen MR) is 63.7 cm³/mol. The van der Waals surface area contributed by atoms with Crippen molar-refractivity contribution in [1.29, 1.82) is 0 Å². The molecule has 0 aliphatic carbocycles. The monoisotopic (exact) mass is 269 g/mol. The van der Waals surface area contributed by atoms with Gasteiger partial charge in [0, 0.05) is 6.42 Å². The van der Waals surface area contributed by atoms with E-state index < -0.39 is 24.0 Å². The van der Waals surface area contributed by atoms with Crippen LogP contribution in [0.15, 0.2) is 18.2 Å². The number of halogens is 2. The SMILES string of the molecule is CCOC(=O)C(F)N1C(=O)CCc2cc(F)ccc21. The summed E-state index contributed by atoms with van der Waals surface area (Å²) in [5, 5.41) is 0. The third kappa shape index (κ3) is 2.57. The van der Waals surface area contributed by atoms with Crippen LogP contribution < -0.4 is 4.90 Å². The summed E-state index contributed by atoms with van der Waals surface area (Å²) in [6, 6.07) is 3.67. The molecule has 1 amide bonds. The first-order valence-corrected chi connectivity index (χ1v) is 5.95. The van der Waals surface area contributed by atoms with Gasteiger partial charge < -0.3 is 4.74 Å². The van der Waals surface area contributed by atoms with Gasteiger partial charge in [0.15, 0.2) is 0 Å². The Labute approximate surface area is 109 Å². The highest BCUT2D eigenvalue weighted by Crippen LogP contribution is 2.30. The van der Waals surface area contributed by atoms with Gasteiger partial charge in [-0.2, -0.15) is 0 Å². The molecule has 19 heavy (non-hydrogen) atoms. The molecule has 0 N–H and O–H groups in total. The van der Waals surface area contributed by atoms with Gasteiger partial charge in [-0.1, -0.05) is 0 Å². The molecule has 0 saturated heterocycles. The number of rotatable bonds is 3. The van der Waals surface area contributed by atoms with E-state index in [-0.39, 0.29) is 18.7 Å². The van der Waals surface area contributed by atoms with Gasteiger partial charge in [0.25, 0.3) is 6.30 Å². The number of hydrogen-bond acceptors (Lipinski definition) is 3. The van der Waals surface area contributed by atoms with Crippen molar-refractivity contribution in [3.8, 4) is 0 Å². The van der Waals surface area contributed by atoms with E-state index in [4.69, 9.17) is 0 Å². The molecule has 1 aliphatic rings. The molecular formula is C13H13F2NO3. The van der Waals surface area contributed by atoms with Crippen LogP contribution >= 0.6 is 0 Å². The number of carbonyl (C=O) groups excluding carboxylic acids is 2. The maximum Gasteiger partial charge on any atom is 0.362 e. The molecule has 6 heteroatoms. The van der Waals surface area contributed by atoms with E-state index in [9.17, 15) is 18.4 Å². The lowest BCUT2D eigenvalue weighted by Gasteiger charge is -2.30. The van der Waals surface area contributed by atoms with E-state index in [1.54, 1.807) is 6.92 Å². The molecule has 0 bridgehead atoms. The van der Waals surface area contributed by atoms with Crippen LogP contribution in [0, 0.1) is 5.82 Å². The molecule has 1 aliphatic heterocycles. The molecule has 1 aromatic carbocycles. The van der Waals surface area contributed by atoms with E-state index in [2.05, 4.69) is 4.74 Å². The third-order valence-corrected chi connectivity index (χ3v) is 2.89. The van der Waals surface area contributed by atoms with Crippen LogP contribution in [0.4, 0.5) is 14.5 Å². The molecule has 1 unspecified atom stereocenters. The number of fused-ring (bicyclic) bond motifs is 1. The Morgan fingerprint density at radius 1 is 1.47 bits per heavy atom. The van der Waals surface area contributed by atoms with E-state index in [0.717, 1.165) is 11.0 Å². The maximum atomic E-state index is 14.0. The minimum absolute atomic E-state index is 0.0254. The quantitative estimate of drug-likeness (QED) is 0.622. The largest absolute Gasteiger partial charge is 0.462 e. The Bertz CT molecular complexity index is 519. The molecule has 0 fully saturated rings. The number of esters is 1. The van der Waals surface area contributed by atoms with Gasteiger partial charge in [-0.3, -0.25) is 9.69 Å². The highest BCUT2D eigenvalue weighted by molar-refractivity contribution is 6.01. The number of alkyl halides is 1. The van der Waals surface area contributed by atoms with Gasteiger partial charge in [0.05, 0.1) is 12.3 Å². The van der Waals surface area contributed by atoms with Crippen molar-refractivity contribution in [2.45, 2.75) is 26.1 Å². The minimum atomic E-state index is -2.20. The van der Waals surface area contributed by atoms with Crippen LogP contribution in [0.25, 0.3) is 0 Å². The lowest BCUT2D eigenvalue weighted by molar-refractivity contribution is -0.150. The zero-order valence-electron chi connectivity index (χ0n) is 10.4. The zero-order valence-corrected chi connectivity index (χ0v) is 10.4. The second kappa shape index (κ2) is 5.34. The van der Waals surface area contributed by atoms with Crippen molar-refractivity contribution in [2.24, 2.45) is 0 Å². The summed E-state index contributed by atoms with van der Waals surface area (Å²) in [5.41, 5.74) is 0.727. The fourth-order valence-electron chi connectivity index (χ4n) is 2.05. The van der Waals surface area contributed by atoms with Crippen LogP contribution in [0.1, 0.15) is 18.9 Å². The van der Waals surface area contributed by atoms with Crippen LogP contribution in [-0.2, 0) is 20.7 Å². The second-order valence-corrected chi connectivity index (χ2v) is 4.12. The van der Waals surface area contributed by atoms with Gasteiger partial charge in [0.1, 0.15) is 5.82 Å². The Morgan fingerprint density at radius 2 is 2.21 bits per heavy atom. The summed E-state index contributed by atoms with van der Waals surface area (Å²) in [7, 11) is 0. The van der Waals surface area contributed by atoms with E-state index in [1.807, 2.05) is 0 Å². The normalized spacial score (nSPS) is 15.9.